The third kappa shape index (κ3) is 3.32. The molecule has 0 spiro atoms. The number of nitrogens with two attached hydrogens (primary N) is 1. The standard InChI is InChI=1S/C14H12F5N5OS/c1-6-23-24-11(25)9(10(14(17,18)19)22-12(24)26-6)7(3-20)4-21-5-8-2-13(8,15)16/h3-4,8H,2,5,20H2,1H3. The second kappa shape index (κ2) is 6.11. The number of fused-ring (bicyclic) bond motifs is 1. The number of alkyl halides is 5. The monoisotopic (exact) mass is 393 g/mol. The highest BCUT2D eigenvalue weighted by atomic mass is 32.1. The highest BCUT2D eigenvalue weighted by Crippen LogP contribution is 2.48. The maximum Gasteiger partial charge on any atom is 0.434 e. The van der Waals surface area contributed by atoms with Crippen LogP contribution in [0.25, 0.3) is 10.5 Å². The number of halogens is 5. The van der Waals surface area contributed by atoms with E-state index < -0.39 is 34.8 Å². The summed E-state index contributed by atoms with van der Waals surface area (Å²) in [6.45, 7) is 1.24. The van der Waals surface area contributed by atoms with Gasteiger partial charge in [-0.1, -0.05) is 11.3 Å². The lowest BCUT2D eigenvalue weighted by molar-refractivity contribution is -0.141. The van der Waals surface area contributed by atoms with Crippen molar-refractivity contribution in [3.63, 3.8) is 0 Å². The van der Waals surface area contributed by atoms with Crippen LogP contribution in [0.5, 0.6) is 0 Å². The number of aromatic nitrogens is 3. The van der Waals surface area contributed by atoms with E-state index >= 15 is 0 Å². The molecule has 1 atom stereocenters. The topological polar surface area (TPSA) is 85.6 Å². The van der Waals surface area contributed by atoms with Gasteiger partial charge in [0.2, 0.25) is 4.96 Å². The fourth-order valence-electron chi connectivity index (χ4n) is 2.34. The summed E-state index contributed by atoms with van der Waals surface area (Å²) in [7, 11) is 0. The number of hydrogen-bond donors (Lipinski definition) is 1. The van der Waals surface area contributed by atoms with Gasteiger partial charge in [-0.25, -0.2) is 13.8 Å². The second-order valence-corrected chi connectivity index (χ2v) is 6.89. The normalized spacial score (nSPS) is 20.2. The van der Waals surface area contributed by atoms with Gasteiger partial charge in [-0.15, -0.1) is 0 Å². The first-order valence-electron chi connectivity index (χ1n) is 7.32. The lowest BCUT2D eigenvalue weighted by atomic mass is 10.1. The zero-order chi connectivity index (χ0) is 19.3. The quantitative estimate of drug-likeness (QED) is 0.639. The van der Waals surface area contributed by atoms with Gasteiger partial charge in [-0.3, -0.25) is 9.79 Å². The number of aliphatic imine (C=N–C) groups is 1. The Labute approximate surface area is 146 Å². The predicted molar refractivity (Wildman–Crippen MR) is 85.5 cm³/mol. The highest BCUT2D eigenvalue weighted by molar-refractivity contribution is 7.16. The van der Waals surface area contributed by atoms with Gasteiger partial charge in [-0.05, 0) is 6.92 Å². The molecule has 140 valence electrons. The first-order valence-corrected chi connectivity index (χ1v) is 8.14. The molecule has 1 unspecified atom stereocenters. The van der Waals surface area contributed by atoms with E-state index in [1.807, 2.05) is 0 Å². The van der Waals surface area contributed by atoms with Crippen LogP contribution in [-0.2, 0) is 6.18 Å². The van der Waals surface area contributed by atoms with E-state index in [2.05, 4.69) is 15.1 Å². The Hall–Kier alpha value is -2.37. The number of nitrogens with zero attached hydrogens (tertiary/aromatic N) is 4. The molecule has 0 bridgehead atoms. The molecule has 2 heterocycles. The molecule has 0 aromatic carbocycles. The summed E-state index contributed by atoms with van der Waals surface area (Å²) in [5, 5.41) is 4.18. The summed E-state index contributed by atoms with van der Waals surface area (Å²) in [5.74, 6) is -3.76. The van der Waals surface area contributed by atoms with E-state index in [1.165, 1.54) is 6.92 Å². The van der Waals surface area contributed by atoms with Crippen molar-refractivity contribution in [2.75, 3.05) is 6.54 Å². The lowest BCUT2D eigenvalue weighted by Gasteiger charge is -2.11. The summed E-state index contributed by atoms with van der Waals surface area (Å²) < 4.78 is 66.6. The Morgan fingerprint density at radius 1 is 1.50 bits per heavy atom. The molecule has 0 radical (unpaired) electrons. The summed E-state index contributed by atoms with van der Waals surface area (Å²) in [6, 6.07) is 0. The van der Waals surface area contributed by atoms with E-state index in [0.717, 1.165) is 28.3 Å². The molecule has 1 fully saturated rings. The summed E-state index contributed by atoms with van der Waals surface area (Å²) in [6.07, 6.45) is -3.61. The van der Waals surface area contributed by atoms with E-state index in [1.54, 1.807) is 0 Å². The number of aryl methyl sites for hydroxylation is 1. The molecule has 2 aromatic heterocycles. The van der Waals surface area contributed by atoms with Gasteiger partial charge < -0.3 is 5.73 Å². The summed E-state index contributed by atoms with van der Waals surface area (Å²) in [5.41, 5.74) is 1.68. The molecule has 0 amide bonds. The summed E-state index contributed by atoms with van der Waals surface area (Å²) in [4.78, 5) is 19.5. The van der Waals surface area contributed by atoms with Crippen LogP contribution in [0.4, 0.5) is 22.0 Å². The lowest BCUT2D eigenvalue weighted by Crippen LogP contribution is -2.26. The Kier molecular flexibility index (Phi) is 4.33. The minimum atomic E-state index is -4.92. The fourth-order valence-corrected chi connectivity index (χ4v) is 3.08. The molecule has 26 heavy (non-hydrogen) atoms. The minimum Gasteiger partial charge on any atom is -0.404 e. The van der Waals surface area contributed by atoms with Crippen LogP contribution in [0.1, 0.15) is 22.7 Å². The van der Waals surface area contributed by atoms with Gasteiger partial charge >= 0.3 is 6.18 Å². The van der Waals surface area contributed by atoms with E-state index in [4.69, 9.17) is 5.73 Å². The molecule has 6 nitrogen and oxygen atoms in total. The van der Waals surface area contributed by atoms with Gasteiger partial charge in [0.05, 0.1) is 5.56 Å². The Morgan fingerprint density at radius 3 is 2.69 bits per heavy atom. The maximum absolute atomic E-state index is 13.4. The molecule has 1 saturated carbocycles. The third-order valence-electron chi connectivity index (χ3n) is 3.76. The van der Waals surface area contributed by atoms with Gasteiger partial charge in [0.15, 0.2) is 5.69 Å². The first kappa shape index (κ1) is 18.4. The SMILES string of the molecule is Cc1nn2c(=O)c(C(C=NCC3CC3(F)F)=CN)c(C(F)(F)F)nc2s1. The van der Waals surface area contributed by atoms with Crippen molar-refractivity contribution in [1.29, 1.82) is 0 Å². The zero-order valence-corrected chi connectivity index (χ0v) is 14.0. The molecule has 3 rings (SSSR count). The van der Waals surface area contributed by atoms with Crippen LogP contribution in [0.3, 0.4) is 0 Å². The van der Waals surface area contributed by atoms with Crippen LogP contribution in [0.15, 0.2) is 16.0 Å². The molecular weight excluding hydrogens is 381 g/mol. The van der Waals surface area contributed by atoms with Crippen LogP contribution < -0.4 is 11.3 Å². The van der Waals surface area contributed by atoms with Crippen molar-refractivity contribution in [3.05, 3.63) is 32.8 Å². The van der Waals surface area contributed by atoms with Gasteiger partial charge in [-0.2, -0.15) is 22.8 Å². The van der Waals surface area contributed by atoms with Gasteiger partial charge in [0, 0.05) is 36.9 Å². The van der Waals surface area contributed by atoms with Crippen molar-refractivity contribution < 1.29 is 22.0 Å². The van der Waals surface area contributed by atoms with Crippen molar-refractivity contribution >= 4 is 28.1 Å². The molecule has 0 saturated heterocycles. The molecule has 0 aliphatic heterocycles. The van der Waals surface area contributed by atoms with E-state index in [0.29, 0.717) is 5.01 Å². The van der Waals surface area contributed by atoms with E-state index in [9.17, 15) is 26.7 Å². The van der Waals surface area contributed by atoms with Crippen LogP contribution in [-0.4, -0.2) is 33.3 Å². The largest absolute Gasteiger partial charge is 0.434 e. The molecule has 1 aliphatic rings. The van der Waals surface area contributed by atoms with Crippen molar-refractivity contribution in [3.8, 4) is 0 Å². The van der Waals surface area contributed by atoms with Gasteiger partial charge in [0.25, 0.3) is 11.5 Å². The van der Waals surface area contributed by atoms with Crippen molar-refractivity contribution in [2.45, 2.75) is 25.4 Å². The number of rotatable bonds is 4. The minimum absolute atomic E-state index is 0.213. The molecular formula is C14H12F5N5OS. The predicted octanol–water partition coefficient (Wildman–Crippen LogP) is 2.50. The Balaban J connectivity index is 2.07. The third-order valence-corrected chi connectivity index (χ3v) is 4.58. The molecule has 1 aliphatic carbocycles. The van der Waals surface area contributed by atoms with Crippen LogP contribution >= 0.6 is 11.3 Å². The van der Waals surface area contributed by atoms with E-state index in [-0.39, 0.29) is 23.5 Å². The van der Waals surface area contributed by atoms with Crippen molar-refractivity contribution in [2.24, 2.45) is 16.6 Å². The average Bonchev–Trinajstić information content (AvgIpc) is 2.95. The zero-order valence-electron chi connectivity index (χ0n) is 13.2. The average molecular weight is 393 g/mol. The molecule has 12 heteroatoms. The molecule has 2 aromatic rings. The second-order valence-electron chi connectivity index (χ2n) is 5.73. The number of allylic oxidation sites excluding steroid dienone is 1. The van der Waals surface area contributed by atoms with Crippen LogP contribution in [0.2, 0.25) is 0 Å². The maximum atomic E-state index is 13.4. The highest BCUT2D eigenvalue weighted by Gasteiger charge is 2.56. The Bertz CT molecular complexity index is 974. The fraction of sp³-hybridized carbons (Fsp3) is 0.429. The van der Waals surface area contributed by atoms with Gasteiger partial charge in [0.1, 0.15) is 5.01 Å². The summed E-state index contributed by atoms with van der Waals surface area (Å²) >= 11 is 0.827. The smallest absolute Gasteiger partial charge is 0.404 e. The Morgan fingerprint density at radius 2 is 2.15 bits per heavy atom. The first-order chi connectivity index (χ1) is 12.0. The van der Waals surface area contributed by atoms with Crippen molar-refractivity contribution in [1.82, 2.24) is 14.6 Å². The number of hydrogen-bond acceptors (Lipinski definition) is 6. The molecule has 2 N–H and O–H groups in total. The van der Waals surface area contributed by atoms with Crippen LogP contribution in [0, 0.1) is 12.8 Å².